The molecule has 0 N–H and O–H groups in total. The first-order valence-electron chi connectivity index (χ1n) is 8.13. The number of hydrogen-bond acceptors (Lipinski definition) is 3. The van der Waals surface area contributed by atoms with Gasteiger partial charge in [0.1, 0.15) is 0 Å². The van der Waals surface area contributed by atoms with E-state index in [4.69, 9.17) is 0 Å². The van der Waals surface area contributed by atoms with Gasteiger partial charge in [0.15, 0.2) is 11.7 Å². The predicted molar refractivity (Wildman–Crippen MR) is 98.3 cm³/mol. The molecule has 0 fully saturated rings. The summed E-state index contributed by atoms with van der Waals surface area (Å²) < 4.78 is 0. The summed E-state index contributed by atoms with van der Waals surface area (Å²) in [6, 6.07) is 23.0. The van der Waals surface area contributed by atoms with Gasteiger partial charge >= 0.3 is 0 Å². The van der Waals surface area contributed by atoms with E-state index in [0.717, 1.165) is 22.4 Å². The second kappa shape index (κ2) is 7.11. The maximum Gasteiger partial charge on any atom is 0.186 e. The molecule has 0 aliphatic heterocycles. The van der Waals surface area contributed by atoms with Gasteiger partial charge in [0, 0.05) is 11.3 Å². The van der Waals surface area contributed by atoms with Crippen molar-refractivity contribution in [3.8, 4) is 17.2 Å². The summed E-state index contributed by atoms with van der Waals surface area (Å²) in [7, 11) is 0. The van der Waals surface area contributed by atoms with Crippen molar-refractivity contribution in [3.05, 3.63) is 89.2 Å². The Morgan fingerprint density at radius 1 is 1.00 bits per heavy atom. The minimum atomic E-state index is -0.897. The van der Waals surface area contributed by atoms with Gasteiger partial charge in [-0.3, -0.25) is 9.78 Å². The lowest BCUT2D eigenvalue weighted by Gasteiger charge is -2.12. The molecule has 1 unspecified atom stereocenters. The topological polar surface area (TPSA) is 53.8 Å². The van der Waals surface area contributed by atoms with Gasteiger partial charge in [0.05, 0.1) is 11.8 Å². The van der Waals surface area contributed by atoms with E-state index < -0.39 is 5.92 Å². The van der Waals surface area contributed by atoms with E-state index in [1.165, 1.54) is 0 Å². The van der Waals surface area contributed by atoms with Crippen LogP contribution < -0.4 is 0 Å². The van der Waals surface area contributed by atoms with Gasteiger partial charge in [-0.1, -0.05) is 48.5 Å². The molecule has 0 spiro atoms. The van der Waals surface area contributed by atoms with Crippen LogP contribution in [0.4, 0.5) is 0 Å². The largest absolute Gasteiger partial charge is 0.292 e. The smallest absolute Gasteiger partial charge is 0.186 e. The van der Waals surface area contributed by atoms with Crippen molar-refractivity contribution in [3.63, 3.8) is 0 Å². The number of pyridine rings is 1. The van der Waals surface area contributed by atoms with Crippen LogP contribution in [-0.2, 0) is 0 Å². The zero-order valence-electron chi connectivity index (χ0n) is 14.2. The molecule has 1 aromatic heterocycles. The first-order chi connectivity index (χ1) is 12.1. The third-order valence-electron chi connectivity index (χ3n) is 4.20. The van der Waals surface area contributed by atoms with Crippen LogP contribution in [0, 0.1) is 25.2 Å². The molecule has 3 aromatic rings. The molecule has 0 radical (unpaired) electrons. The number of nitrogens with zero attached hydrogens (tertiary/aromatic N) is 2. The molecule has 1 atom stereocenters. The van der Waals surface area contributed by atoms with Crippen molar-refractivity contribution >= 4 is 5.78 Å². The molecule has 0 aliphatic rings. The molecule has 1 heterocycles. The van der Waals surface area contributed by atoms with Gasteiger partial charge in [-0.15, -0.1) is 0 Å². The van der Waals surface area contributed by atoms with Crippen molar-refractivity contribution in [2.75, 3.05) is 0 Å². The Kier molecular flexibility index (Phi) is 4.72. The Morgan fingerprint density at radius 2 is 1.76 bits per heavy atom. The second-order valence-electron chi connectivity index (χ2n) is 6.03. The molecule has 3 rings (SSSR count). The average Bonchev–Trinajstić information content (AvgIpc) is 2.63. The quantitative estimate of drug-likeness (QED) is 0.644. The Bertz CT molecular complexity index is 955. The lowest BCUT2D eigenvalue weighted by atomic mass is 9.91. The van der Waals surface area contributed by atoms with Gasteiger partial charge < -0.3 is 0 Å². The summed E-state index contributed by atoms with van der Waals surface area (Å²) in [6.07, 6.45) is 0. The zero-order valence-corrected chi connectivity index (χ0v) is 14.2. The van der Waals surface area contributed by atoms with Gasteiger partial charge in [-0.2, -0.15) is 5.26 Å². The number of benzene rings is 2. The first kappa shape index (κ1) is 16.6. The SMILES string of the molecule is Cc1cccc(C(C#N)C(=O)c2ccc(C)c(-c3ccccc3)c2)n1. The van der Waals surface area contributed by atoms with Gasteiger partial charge in [-0.25, -0.2) is 0 Å². The monoisotopic (exact) mass is 326 g/mol. The highest BCUT2D eigenvalue weighted by Gasteiger charge is 2.23. The highest BCUT2D eigenvalue weighted by Crippen LogP contribution is 2.27. The van der Waals surface area contributed by atoms with Crippen molar-refractivity contribution in [1.82, 2.24) is 4.98 Å². The summed E-state index contributed by atoms with van der Waals surface area (Å²) in [6.45, 7) is 3.86. The normalized spacial score (nSPS) is 11.6. The fourth-order valence-corrected chi connectivity index (χ4v) is 2.85. The summed E-state index contributed by atoms with van der Waals surface area (Å²) in [5.74, 6) is -1.12. The van der Waals surface area contributed by atoms with Crippen LogP contribution in [-0.4, -0.2) is 10.8 Å². The third kappa shape index (κ3) is 3.49. The van der Waals surface area contributed by atoms with E-state index >= 15 is 0 Å². The lowest BCUT2D eigenvalue weighted by molar-refractivity contribution is 0.0977. The summed E-state index contributed by atoms with van der Waals surface area (Å²) in [5.41, 5.74) is 4.95. The molecular formula is C22H18N2O. The number of aromatic nitrogens is 1. The van der Waals surface area contributed by atoms with E-state index in [-0.39, 0.29) is 5.78 Å². The van der Waals surface area contributed by atoms with Crippen molar-refractivity contribution in [2.45, 2.75) is 19.8 Å². The Morgan fingerprint density at radius 3 is 2.44 bits per heavy atom. The van der Waals surface area contributed by atoms with E-state index in [1.54, 1.807) is 12.1 Å². The fraction of sp³-hybridized carbons (Fsp3) is 0.136. The molecule has 25 heavy (non-hydrogen) atoms. The van der Waals surface area contributed by atoms with Gasteiger partial charge in [0.25, 0.3) is 0 Å². The molecule has 3 nitrogen and oxygen atoms in total. The molecule has 2 aromatic carbocycles. The van der Waals surface area contributed by atoms with Crippen molar-refractivity contribution in [2.24, 2.45) is 0 Å². The summed E-state index contributed by atoms with van der Waals surface area (Å²) in [5, 5.41) is 9.53. The molecule has 0 amide bonds. The average molecular weight is 326 g/mol. The molecule has 122 valence electrons. The minimum absolute atomic E-state index is 0.224. The van der Waals surface area contributed by atoms with Gasteiger partial charge in [0.2, 0.25) is 0 Å². The zero-order chi connectivity index (χ0) is 17.8. The number of nitriles is 1. The fourth-order valence-electron chi connectivity index (χ4n) is 2.85. The van der Waals surface area contributed by atoms with Crippen LogP contribution in [0.1, 0.15) is 33.2 Å². The molecule has 0 saturated heterocycles. The number of Topliss-reactive ketones (excluding diaryl/α,β-unsaturated/α-hetero) is 1. The number of aryl methyl sites for hydroxylation is 2. The minimum Gasteiger partial charge on any atom is -0.292 e. The molecule has 0 saturated carbocycles. The van der Waals surface area contributed by atoms with E-state index in [2.05, 4.69) is 11.1 Å². The molecule has 0 bridgehead atoms. The number of hydrogen-bond donors (Lipinski definition) is 0. The van der Waals surface area contributed by atoms with E-state index in [9.17, 15) is 10.1 Å². The maximum absolute atomic E-state index is 12.9. The molecular weight excluding hydrogens is 308 g/mol. The highest BCUT2D eigenvalue weighted by molar-refractivity contribution is 6.03. The third-order valence-corrected chi connectivity index (χ3v) is 4.20. The number of rotatable bonds is 4. The predicted octanol–water partition coefficient (Wildman–Crippen LogP) is 4.86. The van der Waals surface area contributed by atoms with Gasteiger partial charge in [-0.05, 0) is 48.7 Å². The Hall–Kier alpha value is -3.25. The van der Waals surface area contributed by atoms with Crippen molar-refractivity contribution in [1.29, 1.82) is 5.26 Å². The lowest BCUT2D eigenvalue weighted by Crippen LogP contribution is -2.13. The molecule has 3 heteroatoms. The van der Waals surface area contributed by atoms with Crippen LogP contribution in [0.25, 0.3) is 11.1 Å². The Labute approximate surface area is 147 Å². The number of carbonyl (C=O) groups is 1. The van der Waals surface area contributed by atoms with Crippen LogP contribution in [0.3, 0.4) is 0 Å². The van der Waals surface area contributed by atoms with Crippen molar-refractivity contribution < 1.29 is 4.79 Å². The van der Waals surface area contributed by atoms with Crippen LogP contribution in [0.15, 0.2) is 66.7 Å². The molecule has 0 aliphatic carbocycles. The van der Waals surface area contributed by atoms with Crippen LogP contribution >= 0.6 is 0 Å². The number of carbonyl (C=O) groups excluding carboxylic acids is 1. The highest BCUT2D eigenvalue weighted by atomic mass is 16.1. The first-order valence-corrected chi connectivity index (χ1v) is 8.13. The van der Waals surface area contributed by atoms with E-state index in [0.29, 0.717) is 11.3 Å². The second-order valence-corrected chi connectivity index (χ2v) is 6.03. The van der Waals surface area contributed by atoms with Crippen LogP contribution in [0.2, 0.25) is 0 Å². The maximum atomic E-state index is 12.9. The number of ketones is 1. The van der Waals surface area contributed by atoms with E-state index in [1.807, 2.05) is 68.4 Å². The summed E-state index contributed by atoms with van der Waals surface area (Å²) in [4.78, 5) is 17.3. The van der Waals surface area contributed by atoms with Crippen LogP contribution in [0.5, 0.6) is 0 Å². The summed E-state index contributed by atoms with van der Waals surface area (Å²) >= 11 is 0. The Balaban J connectivity index is 2.01. The standard InChI is InChI=1S/C22H18N2O/c1-15-11-12-18(13-19(15)17-8-4-3-5-9-17)22(25)20(14-23)21-10-6-7-16(2)24-21/h3-13,20H,1-2H3.